The molecule has 0 bridgehead atoms. The van der Waals surface area contributed by atoms with Crippen molar-refractivity contribution in [2.45, 2.75) is 13.1 Å². The molecule has 3 aromatic rings. The van der Waals surface area contributed by atoms with Crippen LogP contribution in [-0.4, -0.2) is 16.7 Å². The topological polar surface area (TPSA) is 71.1 Å². The molecule has 0 saturated heterocycles. The van der Waals surface area contributed by atoms with Crippen molar-refractivity contribution in [2.75, 3.05) is 10.6 Å². The Hall–Kier alpha value is -3.68. The molecule has 148 valence electrons. The van der Waals surface area contributed by atoms with Crippen molar-refractivity contribution in [3.8, 4) is 0 Å². The highest BCUT2D eigenvalue weighted by Crippen LogP contribution is 2.31. The number of pyridine rings is 1. The van der Waals surface area contributed by atoms with Crippen LogP contribution in [0.25, 0.3) is 0 Å². The number of aromatic nitrogens is 1. The van der Waals surface area contributed by atoms with Gasteiger partial charge in [0.05, 0.1) is 5.56 Å². The van der Waals surface area contributed by atoms with Gasteiger partial charge >= 0.3 is 6.18 Å². The Morgan fingerprint density at radius 3 is 2.28 bits per heavy atom. The van der Waals surface area contributed by atoms with E-state index in [1.54, 1.807) is 24.3 Å². The summed E-state index contributed by atoms with van der Waals surface area (Å²) >= 11 is 0. The molecular weight excluding hydrogens is 383 g/mol. The summed E-state index contributed by atoms with van der Waals surface area (Å²) in [7, 11) is 0. The van der Waals surface area contributed by atoms with E-state index in [9.17, 15) is 22.8 Å². The van der Waals surface area contributed by atoms with Crippen LogP contribution in [0.2, 0.25) is 0 Å². The third kappa shape index (κ3) is 5.19. The molecule has 0 radical (unpaired) electrons. The average Bonchev–Trinajstić information content (AvgIpc) is 2.68. The van der Waals surface area contributed by atoms with Gasteiger partial charge in [0.15, 0.2) is 5.78 Å². The predicted molar refractivity (Wildman–Crippen MR) is 103 cm³/mol. The van der Waals surface area contributed by atoms with Crippen molar-refractivity contribution in [2.24, 2.45) is 0 Å². The van der Waals surface area contributed by atoms with Gasteiger partial charge in [-0.2, -0.15) is 13.2 Å². The molecule has 0 unspecified atom stereocenters. The van der Waals surface area contributed by atoms with Crippen LogP contribution >= 0.6 is 0 Å². The van der Waals surface area contributed by atoms with Crippen LogP contribution in [0.3, 0.4) is 0 Å². The van der Waals surface area contributed by atoms with Crippen LogP contribution in [0.15, 0.2) is 66.9 Å². The fourth-order valence-corrected chi connectivity index (χ4v) is 2.55. The van der Waals surface area contributed by atoms with E-state index >= 15 is 0 Å². The number of Topliss-reactive ketones (excluding diaryl/α,β-unsaturated/α-hetero) is 1. The largest absolute Gasteiger partial charge is 0.416 e. The lowest BCUT2D eigenvalue weighted by atomic mass is 10.1. The number of carbonyl (C=O) groups is 2. The summed E-state index contributed by atoms with van der Waals surface area (Å²) in [6, 6.07) is 14.0. The van der Waals surface area contributed by atoms with Gasteiger partial charge in [-0.1, -0.05) is 6.07 Å². The van der Waals surface area contributed by atoms with E-state index in [0.29, 0.717) is 11.3 Å². The van der Waals surface area contributed by atoms with Crippen molar-refractivity contribution in [3.05, 3.63) is 83.6 Å². The zero-order valence-corrected chi connectivity index (χ0v) is 15.2. The second-order valence-corrected chi connectivity index (χ2v) is 6.22. The number of benzene rings is 2. The summed E-state index contributed by atoms with van der Waals surface area (Å²) in [6.45, 7) is 1.45. The Morgan fingerprint density at radius 1 is 0.897 bits per heavy atom. The number of ketones is 1. The molecule has 3 rings (SSSR count). The number of anilines is 3. The molecule has 5 nitrogen and oxygen atoms in total. The Kier molecular flexibility index (Phi) is 5.63. The van der Waals surface area contributed by atoms with Gasteiger partial charge in [0.25, 0.3) is 5.91 Å². The minimum absolute atomic E-state index is 0.0812. The van der Waals surface area contributed by atoms with Gasteiger partial charge in [0.2, 0.25) is 0 Å². The molecule has 0 aliphatic heterocycles. The van der Waals surface area contributed by atoms with Crippen molar-refractivity contribution in [3.63, 3.8) is 0 Å². The first kappa shape index (κ1) is 20.1. The minimum atomic E-state index is -4.45. The molecule has 1 heterocycles. The Labute approximate surface area is 164 Å². The van der Waals surface area contributed by atoms with Crippen LogP contribution in [0, 0.1) is 0 Å². The lowest BCUT2D eigenvalue weighted by molar-refractivity contribution is -0.137. The van der Waals surface area contributed by atoms with Crippen LogP contribution in [-0.2, 0) is 6.18 Å². The monoisotopic (exact) mass is 399 g/mol. The summed E-state index contributed by atoms with van der Waals surface area (Å²) in [5.74, 6) is -0.277. The van der Waals surface area contributed by atoms with Crippen LogP contribution in [0.5, 0.6) is 0 Å². The zero-order chi connectivity index (χ0) is 21.0. The molecule has 0 aliphatic rings. The lowest BCUT2D eigenvalue weighted by Crippen LogP contribution is -2.12. The Bertz CT molecular complexity index is 1050. The number of hydrogen-bond donors (Lipinski definition) is 2. The Balaban J connectivity index is 1.73. The van der Waals surface area contributed by atoms with Crippen LogP contribution in [0.1, 0.15) is 33.2 Å². The van der Waals surface area contributed by atoms with Gasteiger partial charge in [-0.05, 0) is 61.5 Å². The van der Waals surface area contributed by atoms with Crippen molar-refractivity contribution < 1.29 is 22.8 Å². The molecule has 29 heavy (non-hydrogen) atoms. The third-order valence-corrected chi connectivity index (χ3v) is 4.03. The third-order valence-electron chi connectivity index (χ3n) is 4.03. The molecule has 0 fully saturated rings. The standard InChI is InChI=1S/C21H16F3N3O2/c1-13(28)14-5-7-17(8-6-14)27-20(29)15-9-10-25-19(11-15)26-18-4-2-3-16(12-18)21(22,23)24/h2-12H,1H3,(H,25,26)(H,27,29). The van der Waals surface area contributed by atoms with Crippen molar-refractivity contribution in [1.29, 1.82) is 0 Å². The van der Waals surface area contributed by atoms with Crippen LogP contribution in [0.4, 0.5) is 30.4 Å². The molecule has 0 aliphatic carbocycles. The van der Waals surface area contributed by atoms with Gasteiger partial charge in [-0.15, -0.1) is 0 Å². The molecule has 1 amide bonds. The van der Waals surface area contributed by atoms with Gasteiger partial charge in [0.1, 0.15) is 5.82 Å². The first-order valence-corrected chi connectivity index (χ1v) is 8.55. The lowest BCUT2D eigenvalue weighted by Gasteiger charge is -2.11. The maximum atomic E-state index is 12.8. The SMILES string of the molecule is CC(=O)c1ccc(NC(=O)c2ccnc(Nc3cccc(C(F)(F)F)c3)c2)cc1. The van der Waals surface area contributed by atoms with E-state index < -0.39 is 17.6 Å². The molecule has 1 aromatic heterocycles. The van der Waals surface area contributed by atoms with Gasteiger partial charge in [0, 0.05) is 28.7 Å². The number of halogens is 3. The highest BCUT2D eigenvalue weighted by Gasteiger charge is 2.30. The quantitative estimate of drug-likeness (QED) is 0.571. The highest BCUT2D eigenvalue weighted by atomic mass is 19.4. The molecule has 0 atom stereocenters. The number of carbonyl (C=O) groups excluding carboxylic acids is 2. The van der Waals surface area contributed by atoms with Crippen molar-refractivity contribution in [1.82, 2.24) is 4.98 Å². The molecule has 8 heteroatoms. The fourth-order valence-electron chi connectivity index (χ4n) is 2.55. The van der Waals surface area contributed by atoms with Crippen LogP contribution < -0.4 is 10.6 Å². The van der Waals surface area contributed by atoms with Gasteiger partial charge in [-0.3, -0.25) is 9.59 Å². The second kappa shape index (κ2) is 8.14. The maximum Gasteiger partial charge on any atom is 0.416 e. The maximum absolute atomic E-state index is 12.8. The number of rotatable bonds is 5. The first-order chi connectivity index (χ1) is 13.7. The second-order valence-electron chi connectivity index (χ2n) is 6.22. The van der Waals surface area contributed by atoms with Gasteiger partial charge in [-0.25, -0.2) is 4.98 Å². The minimum Gasteiger partial charge on any atom is -0.340 e. The number of hydrogen-bond acceptors (Lipinski definition) is 4. The predicted octanol–water partition coefficient (Wildman–Crippen LogP) is 5.30. The highest BCUT2D eigenvalue weighted by molar-refractivity contribution is 6.05. The summed E-state index contributed by atoms with van der Waals surface area (Å²) in [6.07, 6.45) is -3.07. The summed E-state index contributed by atoms with van der Waals surface area (Å²) in [5.41, 5.74) is 0.712. The number of alkyl halides is 3. The molecule has 2 N–H and O–H groups in total. The molecule has 0 spiro atoms. The molecule has 2 aromatic carbocycles. The van der Waals surface area contributed by atoms with E-state index in [1.807, 2.05) is 0 Å². The summed E-state index contributed by atoms with van der Waals surface area (Å²) in [4.78, 5) is 27.8. The van der Waals surface area contributed by atoms with E-state index in [0.717, 1.165) is 12.1 Å². The zero-order valence-electron chi connectivity index (χ0n) is 15.2. The van der Waals surface area contributed by atoms with E-state index in [1.165, 1.54) is 37.4 Å². The Morgan fingerprint density at radius 2 is 1.62 bits per heavy atom. The molecular formula is C21H16F3N3O2. The average molecular weight is 399 g/mol. The van der Waals surface area contributed by atoms with Crippen molar-refractivity contribution >= 4 is 28.9 Å². The number of nitrogens with one attached hydrogen (secondary N) is 2. The molecule has 0 saturated carbocycles. The summed E-state index contributed by atoms with van der Waals surface area (Å²) < 4.78 is 38.5. The van der Waals surface area contributed by atoms with E-state index in [2.05, 4.69) is 15.6 Å². The normalized spacial score (nSPS) is 11.0. The van der Waals surface area contributed by atoms with E-state index in [-0.39, 0.29) is 22.9 Å². The number of amides is 1. The fraction of sp³-hybridized carbons (Fsp3) is 0.0952. The van der Waals surface area contributed by atoms with E-state index in [4.69, 9.17) is 0 Å². The first-order valence-electron chi connectivity index (χ1n) is 8.55. The smallest absolute Gasteiger partial charge is 0.340 e. The van der Waals surface area contributed by atoms with Gasteiger partial charge < -0.3 is 10.6 Å². The summed E-state index contributed by atoms with van der Waals surface area (Å²) in [5, 5.41) is 5.46. The number of nitrogens with zero attached hydrogens (tertiary/aromatic N) is 1.